The zero-order chi connectivity index (χ0) is 20.0. The summed E-state index contributed by atoms with van der Waals surface area (Å²) in [5.74, 6) is 2.17. The van der Waals surface area contributed by atoms with Gasteiger partial charge in [0, 0.05) is 17.3 Å². The summed E-state index contributed by atoms with van der Waals surface area (Å²) in [5, 5.41) is 14.1. The summed E-state index contributed by atoms with van der Waals surface area (Å²) in [6, 6.07) is 0.352. The van der Waals surface area contributed by atoms with Crippen LogP contribution in [0.15, 0.2) is 5.16 Å². The molecule has 6 nitrogen and oxygen atoms in total. The lowest BCUT2D eigenvalue weighted by atomic mass is 9.89. The fourth-order valence-corrected chi connectivity index (χ4v) is 6.84. The van der Waals surface area contributed by atoms with Crippen LogP contribution >= 0.6 is 23.1 Å². The van der Waals surface area contributed by atoms with Gasteiger partial charge in [-0.3, -0.25) is 9.20 Å². The first-order valence-electron chi connectivity index (χ1n) is 10.7. The zero-order valence-corrected chi connectivity index (χ0v) is 18.7. The number of nitrogens with one attached hydrogen (secondary N) is 1. The third-order valence-electron chi connectivity index (χ3n) is 6.21. The molecular weight excluding hydrogens is 402 g/mol. The molecule has 1 N–H and O–H groups in total. The van der Waals surface area contributed by atoms with Crippen LogP contribution in [0.1, 0.15) is 62.2 Å². The van der Waals surface area contributed by atoms with Gasteiger partial charge in [-0.25, -0.2) is 4.98 Å². The Morgan fingerprint density at radius 2 is 2.10 bits per heavy atom. The highest BCUT2D eigenvalue weighted by Gasteiger charge is 2.25. The second kappa shape index (κ2) is 7.87. The number of amides is 1. The van der Waals surface area contributed by atoms with Crippen LogP contribution in [-0.4, -0.2) is 37.3 Å². The standard InChI is InChI=1S/C21H27N5OS2/c1-3-16-23-20-18(14-9-8-12(2)10-15(14)29-20)19-24-25-21(26(16)19)28-11-17(27)22-13-6-4-5-7-13/h12-13H,3-11H2,1-2H3,(H,22,27). The highest BCUT2D eigenvalue weighted by Crippen LogP contribution is 2.39. The largest absolute Gasteiger partial charge is 0.353 e. The number of aryl methyl sites for hydroxylation is 2. The Balaban J connectivity index is 1.47. The van der Waals surface area contributed by atoms with Gasteiger partial charge in [0.2, 0.25) is 5.91 Å². The van der Waals surface area contributed by atoms with E-state index in [1.54, 1.807) is 0 Å². The molecular formula is C21H27N5OS2. The molecule has 2 aliphatic carbocycles. The minimum absolute atomic E-state index is 0.0904. The molecule has 0 radical (unpaired) electrons. The normalized spacial score (nSPS) is 19.9. The molecule has 3 aromatic rings. The Bertz CT molecular complexity index is 1070. The van der Waals surface area contributed by atoms with Crippen LogP contribution in [0.25, 0.3) is 15.9 Å². The van der Waals surface area contributed by atoms with Gasteiger partial charge in [-0.1, -0.05) is 38.5 Å². The molecule has 5 rings (SSSR count). The molecule has 1 fully saturated rings. The van der Waals surface area contributed by atoms with Gasteiger partial charge in [-0.15, -0.1) is 21.5 Å². The van der Waals surface area contributed by atoms with Gasteiger partial charge in [0.05, 0.1) is 11.1 Å². The Hall–Kier alpha value is -1.67. The summed E-state index contributed by atoms with van der Waals surface area (Å²) in [6.45, 7) is 4.45. The smallest absolute Gasteiger partial charge is 0.230 e. The highest BCUT2D eigenvalue weighted by atomic mass is 32.2. The van der Waals surface area contributed by atoms with Crippen molar-refractivity contribution >= 4 is 44.9 Å². The first kappa shape index (κ1) is 19.3. The van der Waals surface area contributed by atoms with E-state index in [4.69, 9.17) is 4.98 Å². The molecule has 0 aliphatic heterocycles. The van der Waals surface area contributed by atoms with Crippen molar-refractivity contribution in [3.63, 3.8) is 0 Å². The number of nitrogens with zero attached hydrogens (tertiary/aromatic N) is 4. The second-order valence-electron chi connectivity index (χ2n) is 8.39. The van der Waals surface area contributed by atoms with Crippen LogP contribution in [-0.2, 0) is 24.1 Å². The third kappa shape index (κ3) is 3.54. The van der Waals surface area contributed by atoms with E-state index in [1.807, 2.05) is 11.3 Å². The molecule has 1 saturated carbocycles. The van der Waals surface area contributed by atoms with E-state index in [0.717, 1.165) is 59.5 Å². The fourth-order valence-electron chi connectivity index (χ4n) is 4.68. The van der Waals surface area contributed by atoms with E-state index in [9.17, 15) is 4.79 Å². The van der Waals surface area contributed by atoms with Gasteiger partial charge in [-0.2, -0.15) is 0 Å². The number of carbonyl (C=O) groups excluding carboxylic acids is 1. The molecule has 0 bridgehead atoms. The second-order valence-corrected chi connectivity index (χ2v) is 10.4. The molecule has 154 valence electrons. The fraction of sp³-hybridized carbons (Fsp3) is 0.619. The number of hydrogen-bond acceptors (Lipinski definition) is 6. The first-order valence-corrected chi connectivity index (χ1v) is 12.5. The van der Waals surface area contributed by atoms with Gasteiger partial charge >= 0.3 is 0 Å². The SMILES string of the molecule is CCc1nc2sc3c(c2c2nnc(SCC(=O)NC4CCCC4)n12)CCC(C)C3. The van der Waals surface area contributed by atoms with Crippen molar-refractivity contribution < 1.29 is 4.79 Å². The number of thiophene rings is 1. The maximum Gasteiger partial charge on any atom is 0.230 e. The van der Waals surface area contributed by atoms with E-state index in [0.29, 0.717) is 11.8 Å². The lowest BCUT2D eigenvalue weighted by molar-refractivity contribution is -0.119. The Kier molecular flexibility index (Phi) is 5.24. The summed E-state index contributed by atoms with van der Waals surface area (Å²) >= 11 is 3.30. The van der Waals surface area contributed by atoms with Crippen molar-refractivity contribution in [2.45, 2.75) is 76.4 Å². The maximum atomic E-state index is 12.4. The Labute approximate surface area is 178 Å². The molecule has 1 atom stereocenters. The summed E-state index contributed by atoms with van der Waals surface area (Å²) in [4.78, 5) is 19.9. The van der Waals surface area contributed by atoms with Crippen LogP contribution in [0.5, 0.6) is 0 Å². The number of hydrogen-bond donors (Lipinski definition) is 1. The van der Waals surface area contributed by atoms with E-state index < -0.39 is 0 Å². The predicted octanol–water partition coefficient (Wildman–Crippen LogP) is 4.18. The quantitative estimate of drug-likeness (QED) is 0.616. The molecule has 1 unspecified atom stereocenters. The van der Waals surface area contributed by atoms with Gasteiger partial charge in [0.15, 0.2) is 10.8 Å². The molecule has 0 spiro atoms. The van der Waals surface area contributed by atoms with Crippen molar-refractivity contribution in [1.29, 1.82) is 0 Å². The van der Waals surface area contributed by atoms with Gasteiger partial charge in [0.25, 0.3) is 0 Å². The van der Waals surface area contributed by atoms with Gasteiger partial charge in [0.1, 0.15) is 10.7 Å². The average Bonchev–Trinajstić information content (AvgIpc) is 3.43. The van der Waals surface area contributed by atoms with Crippen molar-refractivity contribution in [3.8, 4) is 0 Å². The lowest BCUT2D eigenvalue weighted by Gasteiger charge is -2.17. The van der Waals surface area contributed by atoms with Crippen LogP contribution in [0.3, 0.4) is 0 Å². The summed E-state index contributed by atoms with van der Waals surface area (Å²) in [5.41, 5.74) is 2.34. The predicted molar refractivity (Wildman–Crippen MR) is 118 cm³/mol. The molecule has 1 amide bonds. The monoisotopic (exact) mass is 429 g/mol. The maximum absolute atomic E-state index is 12.4. The van der Waals surface area contributed by atoms with E-state index >= 15 is 0 Å². The molecule has 3 heterocycles. The number of fused-ring (bicyclic) bond motifs is 5. The first-order chi connectivity index (χ1) is 14.1. The van der Waals surface area contributed by atoms with Crippen LogP contribution in [0, 0.1) is 5.92 Å². The van der Waals surface area contributed by atoms with Crippen molar-refractivity contribution in [2.75, 3.05) is 5.75 Å². The van der Waals surface area contributed by atoms with Crippen LogP contribution < -0.4 is 5.32 Å². The molecule has 0 aromatic carbocycles. The lowest BCUT2D eigenvalue weighted by Crippen LogP contribution is -2.33. The van der Waals surface area contributed by atoms with Gasteiger partial charge < -0.3 is 5.32 Å². The number of carbonyl (C=O) groups is 1. The zero-order valence-electron chi connectivity index (χ0n) is 17.0. The van der Waals surface area contributed by atoms with E-state index in [-0.39, 0.29) is 5.91 Å². The summed E-state index contributed by atoms with van der Waals surface area (Å²) in [6.07, 6.45) is 8.92. The minimum atomic E-state index is 0.0904. The van der Waals surface area contributed by atoms with E-state index in [2.05, 4.69) is 33.8 Å². The Morgan fingerprint density at radius 1 is 1.28 bits per heavy atom. The Morgan fingerprint density at radius 3 is 2.90 bits per heavy atom. The van der Waals surface area contributed by atoms with Crippen molar-refractivity contribution in [2.24, 2.45) is 5.92 Å². The number of aromatic nitrogens is 4. The molecule has 3 aromatic heterocycles. The molecule has 29 heavy (non-hydrogen) atoms. The molecule has 2 aliphatic rings. The van der Waals surface area contributed by atoms with Gasteiger partial charge in [-0.05, 0) is 43.6 Å². The molecule has 0 saturated heterocycles. The molecule has 8 heteroatoms. The van der Waals surface area contributed by atoms with E-state index in [1.165, 1.54) is 46.9 Å². The third-order valence-corrected chi connectivity index (χ3v) is 8.28. The average molecular weight is 430 g/mol. The van der Waals surface area contributed by atoms with Crippen molar-refractivity contribution in [3.05, 3.63) is 16.3 Å². The summed E-state index contributed by atoms with van der Waals surface area (Å²) < 4.78 is 2.08. The van der Waals surface area contributed by atoms with Crippen molar-refractivity contribution in [1.82, 2.24) is 24.9 Å². The number of rotatable bonds is 5. The van der Waals surface area contributed by atoms with Crippen LogP contribution in [0.4, 0.5) is 0 Å². The topological polar surface area (TPSA) is 72.2 Å². The number of thioether (sulfide) groups is 1. The van der Waals surface area contributed by atoms with Crippen LogP contribution in [0.2, 0.25) is 0 Å². The highest BCUT2D eigenvalue weighted by molar-refractivity contribution is 7.99. The minimum Gasteiger partial charge on any atom is -0.353 e. The summed E-state index contributed by atoms with van der Waals surface area (Å²) in [7, 11) is 0.